The maximum absolute atomic E-state index is 12.8. The fraction of sp³-hybridized carbons (Fsp3) is 0.304. The summed E-state index contributed by atoms with van der Waals surface area (Å²) in [7, 11) is 0. The van der Waals surface area contributed by atoms with E-state index < -0.39 is 0 Å². The summed E-state index contributed by atoms with van der Waals surface area (Å²) in [5.74, 6) is 0.992. The first-order chi connectivity index (χ1) is 14.1. The smallest absolute Gasteiger partial charge is 0.227 e. The normalized spacial score (nSPS) is 14.6. The highest BCUT2D eigenvalue weighted by molar-refractivity contribution is 5.94. The van der Waals surface area contributed by atoms with Crippen LogP contribution in [0.4, 0.5) is 11.5 Å². The van der Waals surface area contributed by atoms with E-state index in [4.69, 9.17) is 0 Å². The van der Waals surface area contributed by atoms with Gasteiger partial charge < -0.3 is 10.2 Å². The van der Waals surface area contributed by atoms with Crippen LogP contribution in [-0.4, -0.2) is 34.2 Å². The summed E-state index contributed by atoms with van der Waals surface area (Å²) >= 11 is 0. The minimum atomic E-state index is 0.0225. The van der Waals surface area contributed by atoms with Crippen molar-refractivity contribution in [3.05, 3.63) is 66.0 Å². The van der Waals surface area contributed by atoms with Crippen molar-refractivity contribution in [1.29, 1.82) is 0 Å². The van der Waals surface area contributed by atoms with Gasteiger partial charge in [-0.3, -0.25) is 9.78 Å². The standard InChI is InChI=1S/C23H25N5O/c1-16-4-3-5-17(2)22(16)25-23(29)19-10-14-28(15-11-19)21-7-6-20(26-27-21)18-8-12-24-13-9-18/h3-9,12-13,19H,10-11,14-15H2,1-2H3,(H,25,29). The van der Waals surface area contributed by atoms with E-state index in [0.717, 1.165) is 59.8 Å². The zero-order chi connectivity index (χ0) is 20.2. The van der Waals surface area contributed by atoms with Gasteiger partial charge in [-0.25, -0.2) is 0 Å². The molecule has 0 atom stereocenters. The summed E-state index contributed by atoms with van der Waals surface area (Å²) in [6, 6.07) is 13.9. The molecule has 1 aliphatic heterocycles. The van der Waals surface area contributed by atoms with Crippen LogP contribution in [0.25, 0.3) is 11.3 Å². The van der Waals surface area contributed by atoms with Crippen molar-refractivity contribution in [3.8, 4) is 11.3 Å². The molecule has 1 aliphatic rings. The zero-order valence-electron chi connectivity index (χ0n) is 16.8. The van der Waals surface area contributed by atoms with Crippen molar-refractivity contribution in [2.24, 2.45) is 5.92 Å². The summed E-state index contributed by atoms with van der Waals surface area (Å²) in [5.41, 5.74) is 4.97. The van der Waals surface area contributed by atoms with Gasteiger partial charge in [-0.05, 0) is 62.1 Å². The molecule has 3 heterocycles. The summed E-state index contributed by atoms with van der Waals surface area (Å²) in [6.45, 7) is 5.65. The number of aryl methyl sites for hydroxylation is 2. The minimum Gasteiger partial charge on any atom is -0.355 e. The van der Waals surface area contributed by atoms with Crippen molar-refractivity contribution < 1.29 is 4.79 Å². The Balaban J connectivity index is 1.36. The Morgan fingerprint density at radius 2 is 1.66 bits per heavy atom. The molecule has 3 aromatic rings. The Hall–Kier alpha value is -3.28. The number of amides is 1. The van der Waals surface area contributed by atoms with Crippen molar-refractivity contribution in [2.75, 3.05) is 23.3 Å². The Kier molecular flexibility index (Phi) is 5.51. The SMILES string of the molecule is Cc1cccc(C)c1NC(=O)C1CCN(c2ccc(-c3ccncc3)nn2)CC1. The summed E-state index contributed by atoms with van der Waals surface area (Å²) < 4.78 is 0. The fourth-order valence-corrected chi connectivity index (χ4v) is 3.78. The highest BCUT2D eigenvalue weighted by atomic mass is 16.1. The second-order valence-electron chi connectivity index (χ2n) is 7.53. The van der Waals surface area contributed by atoms with Gasteiger partial charge in [-0.2, -0.15) is 0 Å². The number of benzene rings is 1. The number of anilines is 2. The van der Waals surface area contributed by atoms with Crippen LogP contribution >= 0.6 is 0 Å². The van der Waals surface area contributed by atoms with Crippen LogP contribution in [0.5, 0.6) is 0 Å². The second kappa shape index (κ2) is 8.39. The molecule has 29 heavy (non-hydrogen) atoms. The molecule has 1 amide bonds. The fourth-order valence-electron chi connectivity index (χ4n) is 3.78. The summed E-state index contributed by atoms with van der Waals surface area (Å²) in [6.07, 6.45) is 5.12. The first-order valence-electron chi connectivity index (χ1n) is 9.98. The molecule has 1 fully saturated rings. The van der Waals surface area contributed by atoms with Gasteiger partial charge in [0.15, 0.2) is 5.82 Å². The molecule has 0 spiro atoms. The van der Waals surface area contributed by atoms with Crippen LogP contribution in [0, 0.1) is 19.8 Å². The van der Waals surface area contributed by atoms with Gasteiger partial charge in [-0.15, -0.1) is 10.2 Å². The number of carbonyl (C=O) groups excluding carboxylic acids is 1. The Bertz CT molecular complexity index is 960. The van der Waals surface area contributed by atoms with E-state index in [1.807, 2.05) is 56.3 Å². The molecule has 0 saturated carbocycles. The van der Waals surface area contributed by atoms with Crippen molar-refractivity contribution in [1.82, 2.24) is 15.2 Å². The minimum absolute atomic E-state index is 0.0225. The lowest BCUT2D eigenvalue weighted by atomic mass is 9.95. The number of pyridine rings is 1. The third kappa shape index (κ3) is 4.26. The van der Waals surface area contributed by atoms with Gasteiger partial charge in [-0.1, -0.05) is 18.2 Å². The van der Waals surface area contributed by atoms with Gasteiger partial charge in [0.05, 0.1) is 5.69 Å². The summed E-state index contributed by atoms with van der Waals surface area (Å²) in [5, 5.41) is 11.9. The van der Waals surface area contributed by atoms with Crippen LogP contribution < -0.4 is 10.2 Å². The molecule has 0 unspecified atom stereocenters. The largest absolute Gasteiger partial charge is 0.355 e. The highest BCUT2D eigenvalue weighted by Crippen LogP contribution is 2.26. The van der Waals surface area contributed by atoms with Crippen LogP contribution in [-0.2, 0) is 4.79 Å². The molecule has 6 nitrogen and oxygen atoms in total. The van der Waals surface area contributed by atoms with E-state index in [2.05, 4.69) is 25.4 Å². The average Bonchev–Trinajstić information content (AvgIpc) is 2.77. The van der Waals surface area contributed by atoms with Gasteiger partial charge in [0.2, 0.25) is 5.91 Å². The molecule has 2 aromatic heterocycles. The molecule has 4 rings (SSSR count). The third-order valence-electron chi connectivity index (χ3n) is 5.55. The number of nitrogens with one attached hydrogen (secondary N) is 1. The number of rotatable bonds is 4. The molecule has 1 aromatic carbocycles. The number of aromatic nitrogens is 3. The van der Waals surface area contributed by atoms with Crippen LogP contribution in [0.1, 0.15) is 24.0 Å². The summed E-state index contributed by atoms with van der Waals surface area (Å²) in [4.78, 5) is 19.0. The first kappa shape index (κ1) is 19.1. The number of nitrogens with zero attached hydrogens (tertiary/aromatic N) is 4. The van der Waals surface area contributed by atoms with E-state index in [0.29, 0.717) is 0 Å². The van der Waals surface area contributed by atoms with Crippen LogP contribution in [0.3, 0.4) is 0 Å². The Morgan fingerprint density at radius 3 is 2.28 bits per heavy atom. The molecule has 0 aliphatic carbocycles. The van der Waals surface area contributed by atoms with Gasteiger partial charge in [0, 0.05) is 42.7 Å². The van der Waals surface area contributed by atoms with Crippen LogP contribution in [0.2, 0.25) is 0 Å². The lowest BCUT2D eigenvalue weighted by molar-refractivity contribution is -0.120. The molecular formula is C23H25N5O. The molecule has 0 bridgehead atoms. The molecule has 148 valence electrons. The van der Waals surface area contributed by atoms with E-state index in [1.165, 1.54) is 0 Å². The predicted molar refractivity (Wildman–Crippen MR) is 115 cm³/mol. The van der Waals surface area contributed by atoms with E-state index >= 15 is 0 Å². The predicted octanol–water partition coefficient (Wildman–Crippen LogP) is 4.01. The highest BCUT2D eigenvalue weighted by Gasteiger charge is 2.26. The number of hydrogen-bond acceptors (Lipinski definition) is 5. The number of piperidine rings is 1. The second-order valence-corrected chi connectivity index (χ2v) is 7.53. The van der Waals surface area contributed by atoms with Crippen molar-refractivity contribution >= 4 is 17.4 Å². The van der Waals surface area contributed by atoms with Gasteiger partial charge in [0.1, 0.15) is 0 Å². The molecule has 6 heteroatoms. The Labute approximate surface area is 171 Å². The molecule has 1 saturated heterocycles. The van der Waals surface area contributed by atoms with Gasteiger partial charge in [0.25, 0.3) is 0 Å². The number of carbonyl (C=O) groups is 1. The monoisotopic (exact) mass is 387 g/mol. The van der Waals surface area contributed by atoms with E-state index in [-0.39, 0.29) is 11.8 Å². The maximum Gasteiger partial charge on any atom is 0.227 e. The van der Waals surface area contributed by atoms with Crippen LogP contribution in [0.15, 0.2) is 54.9 Å². The van der Waals surface area contributed by atoms with Crippen molar-refractivity contribution in [2.45, 2.75) is 26.7 Å². The lowest BCUT2D eigenvalue weighted by Gasteiger charge is -2.32. The maximum atomic E-state index is 12.8. The Morgan fingerprint density at radius 1 is 0.966 bits per heavy atom. The van der Waals surface area contributed by atoms with E-state index in [9.17, 15) is 4.79 Å². The van der Waals surface area contributed by atoms with Gasteiger partial charge >= 0.3 is 0 Å². The van der Waals surface area contributed by atoms with Crippen molar-refractivity contribution in [3.63, 3.8) is 0 Å². The number of hydrogen-bond donors (Lipinski definition) is 1. The molecular weight excluding hydrogens is 362 g/mol. The molecule has 1 N–H and O–H groups in total. The number of para-hydroxylation sites is 1. The average molecular weight is 387 g/mol. The third-order valence-corrected chi connectivity index (χ3v) is 5.55. The quantitative estimate of drug-likeness (QED) is 0.732. The topological polar surface area (TPSA) is 71.0 Å². The lowest BCUT2D eigenvalue weighted by Crippen LogP contribution is -2.38. The van der Waals surface area contributed by atoms with E-state index in [1.54, 1.807) is 12.4 Å². The zero-order valence-corrected chi connectivity index (χ0v) is 16.8. The molecule has 0 radical (unpaired) electrons. The first-order valence-corrected chi connectivity index (χ1v) is 9.98.